The quantitative estimate of drug-likeness (QED) is 0.659. The van der Waals surface area contributed by atoms with E-state index in [1.807, 2.05) is 6.20 Å². The van der Waals surface area contributed by atoms with Crippen molar-refractivity contribution < 1.29 is 0 Å². The van der Waals surface area contributed by atoms with Crippen LogP contribution < -0.4 is 0 Å². The van der Waals surface area contributed by atoms with E-state index in [1.165, 1.54) is 22.2 Å². The van der Waals surface area contributed by atoms with Crippen LogP contribution in [0.3, 0.4) is 0 Å². The predicted octanol–water partition coefficient (Wildman–Crippen LogP) is 2.74. The van der Waals surface area contributed by atoms with E-state index in [1.54, 1.807) is 0 Å². The van der Waals surface area contributed by atoms with Crippen molar-refractivity contribution in [1.82, 2.24) is 4.98 Å². The Hall–Kier alpha value is -0.500. The Morgan fingerprint density at radius 2 is 2.40 bits per heavy atom. The first-order valence-corrected chi connectivity index (χ1v) is 4.19. The second kappa shape index (κ2) is 2.27. The molecule has 0 fully saturated rings. The molecule has 1 aliphatic rings. The number of fused-ring (bicyclic) bond motifs is 1. The standard InChI is InChI=1S/C8H8BrN/c9-7-5-10-8-4-2-1-3-6(7)8/h2,4-5,10H,1,3H2. The molecule has 0 aromatic carbocycles. The van der Waals surface area contributed by atoms with Crippen LogP contribution in [-0.4, -0.2) is 4.98 Å². The predicted molar refractivity (Wildman–Crippen MR) is 45.8 cm³/mol. The van der Waals surface area contributed by atoms with Gasteiger partial charge in [0.15, 0.2) is 0 Å². The lowest BCUT2D eigenvalue weighted by Gasteiger charge is -2.03. The van der Waals surface area contributed by atoms with Crippen LogP contribution >= 0.6 is 15.9 Å². The summed E-state index contributed by atoms with van der Waals surface area (Å²) in [6.07, 6.45) is 8.68. The van der Waals surface area contributed by atoms with Gasteiger partial charge in [0.05, 0.1) is 0 Å². The van der Waals surface area contributed by atoms with Gasteiger partial charge in [0, 0.05) is 16.4 Å². The Morgan fingerprint density at radius 3 is 3.20 bits per heavy atom. The molecule has 1 N–H and O–H groups in total. The zero-order valence-electron chi connectivity index (χ0n) is 5.52. The maximum absolute atomic E-state index is 3.49. The number of rotatable bonds is 0. The molecule has 2 heteroatoms. The van der Waals surface area contributed by atoms with Crippen molar-refractivity contribution in [3.8, 4) is 0 Å². The highest BCUT2D eigenvalue weighted by Gasteiger charge is 2.08. The van der Waals surface area contributed by atoms with Gasteiger partial charge in [0.2, 0.25) is 0 Å². The van der Waals surface area contributed by atoms with Crippen LogP contribution in [0.5, 0.6) is 0 Å². The Balaban J connectivity index is 2.57. The molecule has 0 spiro atoms. The van der Waals surface area contributed by atoms with Gasteiger partial charge in [0.1, 0.15) is 0 Å². The van der Waals surface area contributed by atoms with Crippen molar-refractivity contribution in [2.45, 2.75) is 12.8 Å². The SMILES string of the molecule is Brc1c[nH]c2c1CCC=C2. The Morgan fingerprint density at radius 1 is 1.50 bits per heavy atom. The first-order chi connectivity index (χ1) is 4.88. The summed E-state index contributed by atoms with van der Waals surface area (Å²) in [7, 11) is 0. The molecule has 1 aliphatic carbocycles. The Kier molecular flexibility index (Phi) is 1.42. The summed E-state index contributed by atoms with van der Waals surface area (Å²) in [5.41, 5.74) is 2.68. The summed E-state index contributed by atoms with van der Waals surface area (Å²) < 4.78 is 1.21. The molecule has 1 heterocycles. The molecule has 0 unspecified atom stereocenters. The summed E-state index contributed by atoms with van der Waals surface area (Å²) in [6, 6.07) is 0. The van der Waals surface area contributed by atoms with E-state index in [0.29, 0.717) is 0 Å². The number of hydrogen-bond donors (Lipinski definition) is 1. The summed E-state index contributed by atoms with van der Waals surface area (Å²) in [5.74, 6) is 0. The number of H-pyrrole nitrogens is 1. The topological polar surface area (TPSA) is 15.8 Å². The molecule has 0 atom stereocenters. The maximum Gasteiger partial charge on any atom is 0.0421 e. The van der Waals surface area contributed by atoms with Crippen LogP contribution in [0, 0.1) is 0 Å². The number of allylic oxidation sites excluding steroid dienone is 1. The highest BCUT2D eigenvalue weighted by Crippen LogP contribution is 2.25. The number of aromatic nitrogens is 1. The number of aromatic amines is 1. The van der Waals surface area contributed by atoms with Gasteiger partial charge in [0.25, 0.3) is 0 Å². The van der Waals surface area contributed by atoms with Gasteiger partial charge in [-0.25, -0.2) is 0 Å². The molecule has 10 heavy (non-hydrogen) atoms. The third-order valence-corrected chi connectivity index (χ3v) is 2.52. The monoisotopic (exact) mass is 197 g/mol. The smallest absolute Gasteiger partial charge is 0.0421 e. The van der Waals surface area contributed by atoms with E-state index in [4.69, 9.17) is 0 Å². The molecule has 1 aromatic rings. The van der Waals surface area contributed by atoms with Crippen molar-refractivity contribution >= 4 is 22.0 Å². The molecular formula is C8H8BrN. The van der Waals surface area contributed by atoms with Crippen LogP contribution in [0.15, 0.2) is 16.7 Å². The average Bonchev–Trinajstić information content (AvgIpc) is 2.34. The van der Waals surface area contributed by atoms with Crippen LogP contribution in [0.25, 0.3) is 6.08 Å². The molecule has 0 saturated carbocycles. The van der Waals surface area contributed by atoms with Crippen LogP contribution in [-0.2, 0) is 6.42 Å². The zero-order chi connectivity index (χ0) is 6.97. The van der Waals surface area contributed by atoms with Crippen LogP contribution in [0.2, 0.25) is 0 Å². The van der Waals surface area contributed by atoms with Crippen molar-refractivity contribution in [2.24, 2.45) is 0 Å². The highest BCUT2D eigenvalue weighted by molar-refractivity contribution is 9.10. The summed E-state index contributed by atoms with van der Waals surface area (Å²) in [6.45, 7) is 0. The minimum Gasteiger partial charge on any atom is -0.360 e. The van der Waals surface area contributed by atoms with E-state index < -0.39 is 0 Å². The lowest BCUT2D eigenvalue weighted by atomic mass is 10.1. The number of nitrogens with one attached hydrogen (secondary N) is 1. The maximum atomic E-state index is 3.49. The fraction of sp³-hybridized carbons (Fsp3) is 0.250. The van der Waals surface area contributed by atoms with Gasteiger partial charge in [-0.05, 0) is 40.4 Å². The third-order valence-electron chi connectivity index (χ3n) is 1.81. The second-order valence-corrected chi connectivity index (χ2v) is 3.32. The van der Waals surface area contributed by atoms with Gasteiger partial charge >= 0.3 is 0 Å². The van der Waals surface area contributed by atoms with Crippen molar-refractivity contribution in [3.63, 3.8) is 0 Å². The van der Waals surface area contributed by atoms with Gasteiger partial charge in [-0.15, -0.1) is 0 Å². The molecular weight excluding hydrogens is 190 g/mol. The van der Waals surface area contributed by atoms with E-state index in [2.05, 4.69) is 33.1 Å². The van der Waals surface area contributed by atoms with E-state index in [-0.39, 0.29) is 0 Å². The summed E-state index contributed by atoms with van der Waals surface area (Å²) in [5, 5.41) is 0. The van der Waals surface area contributed by atoms with Crippen molar-refractivity contribution in [2.75, 3.05) is 0 Å². The minimum atomic E-state index is 1.16. The van der Waals surface area contributed by atoms with Gasteiger partial charge in [-0.1, -0.05) is 6.08 Å². The van der Waals surface area contributed by atoms with Gasteiger partial charge < -0.3 is 4.98 Å². The normalized spacial score (nSPS) is 15.3. The second-order valence-electron chi connectivity index (χ2n) is 2.47. The van der Waals surface area contributed by atoms with E-state index in [9.17, 15) is 0 Å². The van der Waals surface area contributed by atoms with Crippen molar-refractivity contribution in [3.05, 3.63) is 28.0 Å². The van der Waals surface area contributed by atoms with Crippen LogP contribution in [0.1, 0.15) is 17.7 Å². The fourth-order valence-corrected chi connectivity index (χ4v) is 1.80. The number of halogens is 1. The zero-order valence-corrected chi connectivity index (χ0v) is 7.11. The highest BCUT2D eigenvalue weighted by atomic mass is 79.9. The number of hydrogen-bond acceptors (Lipinski definition) is 0. The Bertz CT molecular complexity index is 273. The van der Waals surface area contributed by atoms with Gasteiger partial charge in [-0.3, -0.25) is 0 Å². The first-order valence-electron chi connectivity index (χ1n) is 3.40. The molecule has 52 valence electrons. The molecule has 0 radical (unpaired) electrons. The van der Waals surface area contributed by atoms with Crippen LogP contribution in [0.4, 0.5) is 0 Å². The molecule has 1 nitrogen and oxygen atoms in total. The average molecular weight is 198 g/mol. The van der Waals surface area contributed by atoms with Gasteiger partial charge in [-0.2, -0.15) is 0 Å². The first kappa shape index (κ1) is 6.23. The molecule has 1 aromatic heterocycles. The van der Waals surface area contributed by atoms with E-state index in [0.717, 1.165) is 6.42 Å². The molecule has 0 aliphatic heterocycles. The molecule has 0 amide bonds. The largest absolute Gasteiger partial charge is 0.360 e. The molecule has 2 rings (SSSR count). The third kappa shape index (κ3) is 0.833. The lowest BCUT2D eigenvalue weighted by Crippen LogP contribution is -1.90. The van der Waals surface area contributed by atoms with E-state index >= 15 is 0 Å². The molecule has 0 saturated heterocycles. The lowest BCUT2D eigenvalue weighted by molar-refractivity contribution is 0.980. The minimum absolute atomic E-state index is 1.16. The summed E-state index contributed by atoms with van der Waals surface area (Å²) >= 11 is 3.49. The fourth-order valence-electron chi connectivity index (χ4n) is 1.28. The summed E-state index contributed by atoms with van der Waals surface area (Å²) in [4.78, 5) is 3.19. The molecule has 0 bridgehead atoms. The Labute approximate surface area is 68.3 Å². The van der Waals surface area contributed by atoms with Crippen molar-refractivity contribution in [1.29, 1.82) is 0 Å².